The van der Waals surface area contributed by atoms with E-state index in [-0.39, 0.29) is 11.2 Å². The van der Waals surface area contributed by atoms with Gasteiger partial charge in [0, 0.05) is 12.6 Å². The molecule has 1 N–H and O–H groups in total. The molecule has 3 rings (SSSR count). The highest BCUT2D eigenvalue weighted by Gasteiger charge is 2.27. The van der Waals surface area contributed by atoms with Crippen molar-refractivity contribution in [2.75, 3.05) is 0 Å². The zero-order valence-corrected chi connectivity index (χ0v) is 14.1. The third-order valence-corrected chi connectivity index (χ3v) is 4.78. The molecule has 122 valence electrons. The molecular weight excluding hydrogens is 312 g/mol. The lowest BCUT2D eigenvalue weighted by Crippen LogP contribution is -2.32. The number of furan rings is 1. The van der Waals surface area contributed by atoms with Gasteiger partial charge in [0.05, 0.1) is 17.1 Å². The van der Waals surface area contributed by atoms with E-state index in [0.29, 0.717) is 17.7 Å². The molecule has 1 aliphatic rings. The van der Waals surface area contributed by atoms with Crippen LogP contribution in [0.4, 0.5) is 0 Å². The van der Waals surface area contributed by atoms with Gasteiger partial charge >= 0.3 is 0 Å². The third kappa shape index (κ3) is 3.50. The van der Waals surface area contributed by atoms with E-state index < -0.39 is 0 Å². The smallest absolute Gasteiger partial charge is 0.233 e. The first kappa shape index (κ1) is 15.9. The summed E-state index contributed by atoms with van der Waals surface area (Å²) >= 11 is 1.41. The second-order valence-corrected chi connectivity index (χ2v) is 6.95. The average molecular weight is 332 g/mol. The SMILES string of the molecule is C=CCn1c(SC(C)C(=O)NC2CC2)nnc1-c1ccoc1C. The number of carbonyl (C=O) groups excluding carboxylic acids is 1. The van der Waals surface area contributed by atoms with Crippen LogP contribution in [0.1, 0.15) is 25.5 Å². The Hall–Kier alpha value is -2.02. The van der Waals surface area contributed by atoms with Gasteiger partial charge < -0.3 is 9.73 Å². The number of amides is 1. The van der Waals surface area contributed by atoms with E-state index in [4.69, 9.17) is 4.42 Å². The van der Waals surface area contributed by atoms with E-state index in [1.807, 2.05) is 24.5 Å². The number of rotatable bonds is 7. The van der Waals surface area contributed by atoms with Crippen molar-refractivity contribution in [1.82, 2.24) is 20.1 Å². The highest BCUT2D eigenvalue weighted by atomic mass is 32.2. The Balaban J connectivity index is 1.81. The van der Waals surface area contributed by atoms with Gasteiger partial charge in [-0.15, -0.1) is 16.8 Å². The molecule has 1 unspecified atom stereocenters. The van der Waals surface area contributed by atoms with Crippen molar-refractivity contribution < 1.29 is 9.21 Å². The summed E-state index contributed by atoms with van der Waals surface area (Å²) in [5, 5.41) is 12.0. The molecule has 1 saturated carbocycles. The van der Waals surface area contributed by atoms with Crippen LogP contribution in [-0.4, -0.2) is 32.0 Å². The molecule has 0 radical (unpaired) electrons. The largest absolute Gasteiger partial charge is 0.469 e. The summed E-state index contributed by atoms with van der Waals surface area (Å²) in [6, 6.07) is 2.23. The summed E-state index contributed by atoms with van der Waals surface area (Å²) in [5.74, 6) is 1.57. The van der Waals surface area contributed by atoms with Crippen molar-refractivity contribution in [2.24, 2.45) is 0 Å². The van der Waals surface area contributed by atoms with Crippen LogP contribution >= 0.6 is 11.8 Å². The minimum absolute atomic E-state index is 0.0479. The predicted molar refractivity (Wildman–Crippen MR) is 89.1 cm³/mol. The maximum atomic E-state index is 12.1. The summed E-state index contributed by atoms with van der Waals surface area (Å²) in [5.41, 5.74) is 0.904. The Morgan fingerprint density at radius 1 is 1.61 bits per heavy atom. The lowest BCUT2D eigenvalue weighted by atomic mass is 10.2. The zero-order valence-electron chi connectivity index (χ0n) is 13.3. The molecule has 2 aromatic heterocycles. The van der Waals surface area contributed by atoms with Crippen LogP contribution in [0.15, 0.2) is 34.6 Å². The molecule has 0 bridgehead atoms. The van der Waals surface area contributed by atoms with Gasteiger partial charge in [-0.1, -0.05) is 17.8 Å². The molecular formula is C16H20N4O2S. The van der Waals surface area contributed by atoms with Gasteiger partial charge in [0.2, 0.25) is 5.91 Å². The zero-order chi connectivity index (χ0) is 16.4. The highest BCUT2D eigenvalue weighted by molar-refractivity contribution is 8.00. The second-order valence-electron chi connectivity index (χ2n) is 5.64. The minimum Gasteiger partial charge on any atom is -0.469 e. The van der Waals surface area contributed by atoms with Crippen LogP contribution in [0.2, 0.25) is 0 Å². The van der Waals surface area contributed by atoms with Crippen LogP contribution < -0.4 is 5.32 Å². The van der Waals surface area contributed by atoms with Crippen molar-refractivity contribution in [3.63, 3.8) is 0 Å². The molecule has 23 heavy (non-hydrogen) atoms. The van der Waals surface area contributed by atoms with Crippen molar-refractivity contribution in [3.8, 4) is 11.4 Å². The molecule has 6 nitrogen and oxygen atoms in total. The van der Waals surface area contributed by atoms with Gasteiger partial charge in [-0.3, -0.25) is 9.36 Å². The Morgan fingerprint density at radius 3 is 3.00 bits per heavy atom. The fourth-order valence-electron chi connectivity index (χ4n) is 2.24. The molecule has 0 spiro atoms. The quantitative estimate of drug-likeness (QED) is 0.623. The molecule has 1 amide bonds. The third-order valence-electron chi connectivity index (χ3n) is 3.70. The molecule has 1 atom stereocenters. The number of nitrogens with zero attached hydrogens (tertiary/aromatic N) is 3. The normalized spacial score (nSPS) is 15.4. The summed E-state index contributed by atoms with van der Waals surface area (Å²) in [6.45, 7) is 8.15. The number of nitrogens with one attached hydrogen (secondary N) is 1. The highest BCUT2D eigenvalue weighted by Crippen LogP contribution is 2.29. The van der Waals surface area contributed by atoms with Crippen LogP contribution in [0.3, 0.4) is 0 Å². The van der Waals surface area contributed by atoms with Crippen molar-refractivity contribution >= 4 is 17.7 Å². The molecule has 1 fully saturated rings. The van der Waals surface area contributed by atoms with Gasteiger partial charge in [0.25, 0.3) is 0 Å². The second kappa shape index (κ2) is 6.62. The molecule has 2 aromatic rings. The summed E-state index contributed by atoms with van der Waals surface area (Å²) in [6.07, 6.45) is 5.59. The van der Waals surface area contributed by atoms with Crippen molar-refractivity contribution in [3.05, 3.63) is 30.7 Å². The van der Waals surface area contributed by atoms with Gasteiger partial charge in [-0.2, -0.15) is 0 Å². The number of allylic oxidation sites excluding steroid dienone is 1. The molecule has 0 aliphatic heterocycles. The van der Waals surface area contributed by atoms with Crippen LogP contribution in [0, 0.1) is 6.92 Å². The number of thioether (sulfide) groups is 1. The molecule has 2 heterocycles. The Kier molecular flexibility index (Phi) is 4.56. The molecule has 0 aromatic carbocycles. The van der Waals surface area contributed by atoms with Crippen molar-refractivity contribution in [1.29, 1.82) is 0 Å². The van der Waals surface area contributed by atoms with Crippen LogP contribution in [-0.2, 0) is 11.3 Å². The molecule has 7 heteroatoms. The predicted octanol–water partition coefficient (Wildman–Crippen LogP) is 2.79. The first-order valence-corrected chi connectivity index (χ1v) is 8.53. The first-order valence-electron chi connectivity index (χ1n) is 7.65. The van der Waals surface area contributed by atoms with Gasteiger partial charge in [0.1, 0.15) is 5.76 Å². The van der Waals surface area contributed by atoms with Gasteiger partial charge in [-0.05, 0) is 32.8 Å². The average Bonchev–Trinajstić information content (AvgIpc) is 3.11. The van der Waals surface area contributed by atoms with E-state index >= 15 is 0 Å². The van der Waals surface area contributed by atoms with Crippen LogP contribution in [0.25, 0.3) is 11.4 Å². The van der Waals surface area contributed by atoms with E-state index in [1.54, 1.807) is 12.3 Å². The lowest BCUT2D eigenvalue weighted by molar-refractivity contribution is -0.120. The Bertz CT molecular complexity index is 717. The topological polar surface area (TPSA) is 73.0 Å². The fraction of sp³-hybridized carbons (Fsp3) is 0.438. The maximum absolute atomic E-state index is 12.1. The van der Waals surface area contributed by atoms with Gasteiger partial charge in [-0.25, -0.2) is 0 Å². The Labute approximate surface area is 139 Å². The molecule has 0 saturated heterocycles. The Morgan fingerprint density at radius 2 is 2.39 bits per heavy atom. The van der Waals surface area contributed by atoms with Crippen molar-refractivity contribution in [2.45, 2.75) is 49.7 Å². The minimum atomic E-state index is -0.221. The standard InChI is InChI=1S/C16H20N4O2S/c1-4-8-20-14(13-7-9-22-10(13)2)18-19-16(20)23-11(3)15(21)17-12-5-6-12/h4,7,9,11-12H,1,5-6,8H2,2-3H3,(H,17,21). The number of hydrogen-bond acceptors (Lipinski definition) is 5. The summed E-state index contributed by atoms with van der Waals surface area (Å²) in [4.78, 5) is 12.1. The van der Waals surface area contributed by atoms with Crippen LogP contribution in [0.5, 0.6) is 0 Å². The number of aromatic nitrogens is 3. The first-order chi connectivity index (χ1) is 11.1. The van der Waals surface area contributed by atoms with E-state index in [9.17, 15) is 4.79 Å². The van der Waals surface area contributed by atoms with Gasteiger partial charge in [0.15, 0.2) is 11.0 Å². The summed E-state index contributed by atoms with van der Waals surface area (Å²) < 4.78 is 7.31. The van der Waals surface area contributed by atoms with E-state index in [2.05, 4.69) is 22.1 Å². The van der Waals surface area contributed by atoms with E-state index in [0.717, 1.165) is 30.0 Å². The maximum Gasteiger partial charge on any atom is 0.233 e. The lowest BCUT2D eigenvalue weighted by Gasteiger charge is -2.12. The summed E-state index contributed by atoms with van der Waals surface area (Å²) in [7, 11) is 0. The number of hydrogen-bond donors (Lipinski definition) is 1. The fourth-order valence-corrected chi connectivity index (χ4v) is 3.11. The number of aryl methyl sites for hydroxylation is 1. The van der Waals surface area contributed by atoms with E-state index in [1.165, 1.54) is 11.8 Å². The number of carbonyl (C=O) groups is 1. The monoisotopic (exact) mass is 332 g/mol. The molecule has 1 aliphatic carbocycles.